The lowest BCUT2D eigenvalue weighted by molar-refractivity contribution is -0.152. The smallest absolute Gasteiger partial charge is 0.396 e. The van der Waals surface area contributed by atoms with Crippen molar-refractivity contribution in [2.45, 2.75) is 6.42 Å². The Kier molecular flexibility index (Phi) is 5.10. The van der Waals surface area contributed by atoms with Gasteiger partial charge < -0.3 is 15.8 Å². The fourth-order valence-corrected chi connectivity index (χ4v) is 0.469. The maximum absolute atomic E-state index is 10.6. The zero-order valence-corrected chi connectivity index (χ0v) is 6.42. The van der Waals surface area contributed by atoms with Gasteiger partial charge in [-0.3, -0.25) is 4.79 Å². The quantitative estimate of drug-likeness (QED) is 0.303. The molecule has 0 unspecified atom stereocenters. The minimum Gasteiger partial charge on any atom is -0.462 e. The number of carbonyl (C=O) groups excluding carboxylic acids is 2. The Labute approximate surface area is 64.9 Å². The van der Waals surface area contributed by atoms with Crippen LogP contribution in [0.4, 0.5) is 0 Å². The van der Waals surface area contributed by atoms with Crippen molar-refractivity contribution in [1.29, 1.82) is 0 Å². The van der Waals surface area contributed by atoms with Gasteiger partial charge in [-0.05, 0) is 13.0 Å². The number of ether oxygens (including phenoxy) is 1. The molecule has 0 aliphatic rings. The van der Waals surface area contributed by atoms with Gasteiger partial charge >= 0.3 is 11.9 Å². The summed E-state index contributed by atoms with van der Waals surface area (Å²) in [6.07, 6.45) is 0.655. The van der Waals surface area contributed by atoms with Crippen molar-refractivity contribution in [3.8, 4) is 0 Å². The van der Waals surface area contributed by atoms with Crippen LogP contribution in [0.2, 0.25) is 0 Å². The van der Waals surface area contributed by atoms with Crippen LogP contribution in [0.3, 0.4) is 0 Å². The number of methoxy groups -OCH3 is 1. The third-order valence-corrected chi connectivity index (χ3v) is 1.04. The predicted molar refractivity (Wildman–Crippen MR) is 38.7 cm³/mol. The first-order valence-corrected chi connectivity index (χ1v) is 3.28. The summed E-state index contributed by atoms with van der Waals surface area (Å²) >= 11 is 0. The zero-order chi connectivity index (χ0) is 8.69. The molecule has 0 rings (SSSR count). The van der Waals surface area contributed by atoms with Crippen LogP contribution in [0, 0.1) is 0 Å². The van der Waals surface area contributed by atoms with Crippen molar-refractivity contribution in [3.05, 3.63) is 0 Å². The molecule has 5 heteroatoms. The highest BCUT2D eigenvalue weighted by molar-refractivity contribution is 6.32. The summed E-state index contributed by atoms with van der Waals surface area (Å²) in [6, 6.07) is 0. The van der Waals surface area contributed by atoms with E-state index in [1.54, 1.807) is 0 Å². The van der Waals surface area contributed by atoms with Crippen LogP contribution in [0.25, 0.3) is 0 Å². The molecule has 0 aromatic heterocycles. The van der Waals surface area contributed by atoms with E-state index in [1.165, 1.54) is 0 Å². The molecule has 0 saturated heterocycles. The molecule has 0 bridgehead atoms. The number of hydrogen-bond acceptors (Lipinski definition) is 4. The summed E-state index contributed by atoms with van der Waals surface area (Å²) in [5.74, 6) is -1.59. The first-order valence-electron chi connectivity index (χ1n) is 3.28. The Morgan fingerprint density at radius 3 is 2.64 bits per heavy atom. The summed E-state index contributed by atoms with van der Waals surface area (Å²) in [5.41, 5.74) is 5.16. The van der Waals surface area contributed by atoms with Crippen LogP contribution < -0.4 is 11.1 Å². The summed E-state index contributed by atoms with van der Waals surface area (Å²) in [6.45, 7) is 0.895. The molecule has 0 aromatic carbocycles. The minimum absolute atomic E-state index is 0.407. The lowest BCUT2D eigenvalue weighted by atomic mass is 10.4. The molecule has 0 spiro atoms. The molecule has 0 fully saturated rings. The SMILES string of the molecule is COC(=O)C(=O)NCCCN. The van der Waals surface area contributed by atoms with Crippen molar-refractivity contribution < 1.29 is 14.3 Å². The Bertz CT molecular complexity index is 147. The standard InChI is InChI=1S/C6H12N2O3/c1-11-6(10)5(9)8-4-2-3-7/h2-4,7H2,1H3,(H,8,9). The highest BCUT2D eigenvalue weighted by Gasteiger charge is 2.11. The molecule has 1 amide bonds. The summed E-state index contributed by atoms with van der Waals surface area (Å²) in [4.78, 5) is 21.1. The molecule has 11 heavy (non-hydrogen) atoms. The van der Waals surface area contributed by atoms with E-state index in [2.05, 4.69) is 10.1 Å². The van der Waals surface area contributed by atoms with Gasteiger partial charge in [0.05, 0.1) is 7.11 Å². The number of esters is 1. The first-order chi connectivity index (χ1) is 5.22. The fourth-order valence-electron chi connectivity index (χ4n) is 0.469. The average Bonchev–Trinajstić information content (AvgIpc) is 2.03. The number of hydrogen-bond donors (Lipinski definition) is 2. The first kappa shape index (κ1) is 9.90. The van der Waals surface area contributed by atoms with Gasteiger partial charge in [-0.15, -0.1) is 0 Å². The number of carbonyl (C=O) groups is 2. The third kappa shape index (κ3) is 4.32. The predicted octanol–water partition coefficient (Wildman–Crippen LogP) is -1.38. The second-order valence-electron chi connectivity index (χ2n) is 1.89. The van der Waals surface area contributed by atoms with E-state index < -0.39 is 11.9 Å². The minimum atomic E-state index is -0.873. The summed E-state index contributed by atoms with van der Waals surface area (Å²) < 4.78 is 4.16. The maximum atomic E-state index is 10.6. The average molecular weight is 160 g/mol. The van der Waals surface area contributed by atoms with E-state index in [-0.39, 0.29) is 0 Å². The highest BCUT2D eigenvalue weighted by Crippen LogP contribution is 1.75. The van der Waals surface area contributed by atoms with Gasteiger partial charge in [-0.2, -0.15) is 0 Å². The Hall–Kier alpha value is -1.10. The lowest BCUT2D eigenvalue weighted by Gasteiger charge is -2.00. The molecule has 64 valence electrons. The monoisotopic (exact) mass is 160 g/mol. The van der Waals surface area contributed by atoms with E-state index in [4.69, 9.17) is 5.73 Å². The maximum Gasteiger partial charge on any atom is 0.396 e. The number of amides is 1. The van der Waals surface area contributed by atoms with Gasteiger partial charge in [0.1, 0.15) is 0 Å². The van der Waals surface area contributed by atoms with E-state index in [1.807, 2.05) is 0 Å². The zero-order valence-electron chi connectivity index (χ0n) is 6.42. The lowest BCUT2D eigenvalue weighted by Crippen LogP contribution is -2.33. The Balaban J connectivity index is 3.44. The van der Waals surface area contributed by atoms with Gasteiger partial charge in [-0.25, -0.2) is 4.79 Å². The van der Waals surface area contributed by atoms with Crippen LogP contribution in [0.5, 0.6) is 0 Å². The molecule has 0 saturated carbocycles. The topological polar surface area (TPSA) is 81.4 Å². The number of nitrogens with two attached hydrogens (primary N) is 1. The Morgan fingerprint density at radius 1 is 1.55 bits per heavy atom. The molecule has 0 aliphatic carbocycles. The fraction of sp³-hybridized carbons (Fsp3) is 0.667. The number of nitrogens with one attached hydrogen (secondary N) is 1. The summed E-state index contributed by atoms with van der Waals surface area (Å²) in [7, 11) is 1.16. The normalized spacial score (nSPS) is 8.91. The van der Waals surface area contributed by atoms with Crippen LogP contribution in [0.15, 0.2) is 0 Å². The molecule has 0 atom stereocenters. The van der Waals surface area contributed by atoms with Crippen molar-refractivity contribution in [1.82, 2.24) is 5.32 Å². The molecule has 0 heterocycles. The third-order valence-electron chi connectivity index (χ3n) is 1.04. The van der Waals surface area contributed by atoms with Crippen molar-refractivity contribution >= 4 is 11.9 Å². The Morgan fingerprint density at radius 2 is 2.18 bits per heavy atom. The van der Waals surface area contributed by atoms with Gasteiger partial charge in [0, 0.05) is 6.54 Å². The van der Waals surface area contributed by atoms with Gasteiger partial charge in [0.25, 0.3) is 0 Å². The van der Waals surface area contributed by atoms with Crippen LogP contribution >= 0.6 is 0 Å². The number of rotatable bonds is 3. The van der Waals surface area contributed by atoms with Crippen LogP contribution in [-0.2, 0) is 14.3 Å². The molecule has 0 radical (unpaired) electrons. The largest absolute Gasteiger partial charge is 0.462 e. The molecule has 3 N–H and O–H groups in total. The highest BCUT2D eigenvalue weighted by atomic mass is 16.5. The molecular weight excluding hydrogens is 148 g/mol. The second kappa shape index (κ2) is 5.67. The van der Waals surface area contributed by atoms with Crippen LogP contribution in [-0.4, -0.2) is 32.1 Å². The molecular formula is C6H12N2O3. The molecule has 5 nitrogen and oxygen atoms in total. The van der Waals surface area contributed by atoms with E-state index in [9.17, 15) is 9.59 Å². The van der Waals surface area contributed by atoms with Gasteiger partial charge in [-0.1, -0.05) is 0 Å². The second-order valence-corrected chi connectivity index (χ2v) is 1.89. The van der Waals surface area contributed by atoms with E-state index in [0.717, 1.165) is 7.11 Å². The van der Waals surface area contributed by atoms with E-state index in [0.29, 0.717) is 19.5 Å². The summed E-state index contributed by atoms with van der Waals surface area (Å²) in [5, 5.41) is 2.34. The van der Waals surface area contributed by atoms with Gasteiger partial charge in [0.15, 0.2) is 0 Å². The van der Waals surface area contributed by atoms with Crippen LogP contribution in [0.1, 0.15) is 6.42 Å². The van der Waals surface area contributed by atoms with Gasteiger partial charge in [0.2, 0.25) is 0 Å². The van der Waals surface area contributed by atoms with Crippen molar-refractivity contribution in [3.63, 3.8) is 0 Å². The van der Waals surface area contributed by atoms with Crippen molar-refractivity contribution in [2.75, 3.05) is 20.2 Å². The van der Waals surface area contributed by atoms with E-state index >= 15 is 0 Å². The molecule has 0 aliphatic heterocycles. The molecule has 0 aromatic rings. The van der Waals surface area contributed by atoms with Crippen molar-refractivity contribution in [2.24, 2.45) is 5.73 Å².